The van der Waals surface area contributed by atoms with Gasteiger partial charge in [0.2, 0.25) is 0 Å². The van der Waals surface area contributed by atoms with Crippen molar-refractivity contribution >= 4 is 17.4 Å². The summed E-state index contributed by atoms with van der Waals surface area (Å²) in [5.41, 5.74) is 1.08. The quantitative estimate of drug-likeness (QED) is 0.613. The summed E-state index contributed by atoms with van der Waals surface area (Å²) < 4.78 is 3.25. The van der Waals surface area contributed by atoms with Crippen LogP contribution in [0.1, 0.15) is 24.4 Å². The van der Waals surface area contributed by atoms with Crippen molar-refractivity contribution in [3.05, 3.63) is 63.9 Å². The molecule has 0 spiro atoms. The molecule has 1 aromatic carbocycles. The molecule has 0 atom stereocenters. The lowest BCUT2D eigenvalue weighted by molar-refractivity contribution is 0.240. The molecule has 1 fully saturated rings. The predicted molar refractivity (Wildman–Crippen MR) is 110 cm³/mol. The Balaban J connectivity index is 1.30. The maximum absolute atomic E-state index is 12.7. The third-order valence-electron chi connectivity index (χ3n) is 4.68. The molecule has 0 saturated heterocycles. The molecular formula is C20H23N5O2S. The van der Waals surface area contributed by atoms with Gasteiger partial charge in [-0.25, -0.2) is 14.3 Å². The molecule has 1 aliphatic carbocycles. The first-order valence-electron chi connectivity index (χ1n) is 9.51. The molecule has 8 heteroatoms. The van der Waals surface area contributed by atoms with E-state index in [4.69, 9.17) is 0 Å². The van der Waals surface area contributed by atoms with Gasteiger partial charge in [-0.1, -0.05) is 36.4 Å². The molecule has 0 bridgehead atoms. The van der Waals surface area contributed by atoms with Crippen LogP contribution in [0.3, 0.4) is 0 Å². The summed E-state index contributed by atoms with van der Waals surface area (Å²) in [5, 5.41) is 12.1. The lowest BCUT2D eigenvalue weighted by Gasteiger charge is -2.07. The summed E-state index contributed by atoms with van der Waals surface area (Å²) in [5.74, 6) is 0.731. The van der Waals surface area contributed by atoms with E-state index in [1.54, 1.807) is 15.9 Å². The molecule has 1 aliphatic rings. The van der Waals surface area contributed by atoms with Gasteiger partial charge in [-0.2, -0.15) is 0 Å². The maximum Gasteiger partial charge on any atom is 0.346 e. The second-order valence-electron chi connectivity index (χ2n) is 6.83. The zero-order valence-corrected chi connectivity index (χ0v) is 16.3. The van der Waals surface area contributed by atoms with Crippen LogP contribution in [0.5, 0.6) is 0 Å². The number of thiophene rings is 1. The third-order valence-corrected chi connectivity index (χ3v) is 5.54. The van der Waals surface area contributed by atoms with E-state index in [1.807, 2.05) is 47.8 Å². The minimum absolute atomic E-state index is 0.0998. The van der Waals surface area contributed by atoms with E-state index >= 15 is 0 Å². The Morgan fingerprint density at radius 3 is 2.61 bits per heavy atom. The standard InChI is InChI=1S/C20H23N5O2S/c26-19(21-11-10-15-5-2-1-3-6-15)22-12-13-24-20(27)25(16-8-9-16)18(23-24)17-7-4-14-28-17/h1-7,14,16H,8-13H2,(H2,21,22,26). The Morgan fingerprint density at radius 2 is 1.89 bits per heavy atom. The number of urea groups is 1. The summed E-state index contributed by atoms with van der Waals surface area (Å²) in [7, 11) is 0. The molecule has 1 saturated carbocycles. The number of amides is 2. The normalized spacial score (nSPS) is 13.4. The average molecular weight is 398 g/mol. The number of nitrogens with zero attached hydrogens (tertiary/aromatic N) is 3. The molecule has 2 amide bonds. The molecule has 4 rings (SSSR count). The molecule has 146 valence electrons. The summed E-state index contributed by atoms with van der Waals surface area (Å²) in [6, 6.07) is 14.0. The number of nitrogens with one attached hydrogen (secondary N) is 2. The van der Waals surface area contributed by atoms with Crippen LogP contribution in [-0.2, 0) is 13.0 Å². The average Bonchev–Trinajstić information content (AvgIpc) is 3.28. The van der Waals surface area contributed by atoms with Gasteiger partial charge in [-0.15, -0.1) is 16.4 Å². The highest BCUT2D eigenvalue weighted by molar-refractivity contribution is 7.13. The number of carbonyl (C=O) groups excluding carboxylic acids is 1. The first kappa shape index (κ1) is 18.5. The van der Waals surface area contributed by atoms with Crippen LogP contribution < -0.4 is 16.3 Å². The number of aromatic nitrogens is 3. The van der Waals surface area contributed by atoms with Gasteiger partial charge in [-0.05, 0) is 36.3 Å². The Bertz CT molecular complexity index is 974. The highest BCUT2D eigenvalue weighted by Gasteiger charge is 2.30. The van der Waals surface area contributed by atoms with E-state index in [-0.39, 0.29) is 17.8 Å². The monoisotopic (exact) mass is 397 g/mol. The zero-order chi connectivity index (χ0) is 19.3. The number of benzene rings is 1. The van der Waals surface area contributed by atoms with Crippen LogP contribution >= 0.6 is 11.3 Å². The van der Waals surface area contributed by atoms with Crippen molar-refractivity contribution in [2.75, 3.05) is 13.1 Å². The number of hydrogen-bond donors (Lipinski definition) is 2. The van der Waals surface area contributed by atoms with E-state index in [0.717, 1.165) is 30.0 Å². The fraction of sp³-hybridized carbons (Fsp3) is 0.350. The molecular weight excluding hydrogens is 374 g/mol. The van der Waals surface area contributed by atoms with Crippen molar-refractivity contribution in [2.24, 2.45) is 0 Å². The highest BCUT2D eigenvalue weighted by atomic mass is 32.1. The lowest BCUT2D eigenvalue weighted by Crippen LogP contribution is -2.39. The molecule has 28 heavy (non-hydrogen) atoms. The molecule has 0 aliphatic heterocycles. The maximum atomic E-state index is 12.7. The molecule has 7 nitrogen and oxygen atoms in total. The van der Waals surface area contributed by atoms with Gasteiger partial charge in [-0.3, -0.25) is 4.57 Å². The molecule has 2 aromatic heterocycles. The Kier molecular flexibility index (Phi) is 5.57. The summed E-state index contributed by atoms with van der Waals surface area (Å²) in [6.45, 7) is 1.26. The molecule has 0 radical (unpaired) electrons. The SMILES string of the molecule is O=C(NCCc1ccccc1)NCCn1nc(-c2cccs2)n(C2CC2)c1=O. The number of rotatable bonds is 8. The van der Waals surface area contributed by atoms with Gasteiger partial charge in [0.15, 0.2) is 5.82 Å². The Labute approximate surface area is 167 Å². The largest absolute Gasteiger partial charge is 0.346 e. The minimum Gasteiger partial charge on any atom is -0.338 e. The topological polar surface area (TPSA) is 81.0 Å². The van der Waals surface area contributed by atoms with Crippen molar-refractivity contribution in [1.82, 2.24) is 25.0 Å². The van der Waals surface area contributed by atoms with E-state index in [2.05, 4.69) is 15.7 Å². The highest BCUT2D eigenvalue weighted by Crippen LogP contribution is 2.37. The van der Waals surface area contributed by atoms with E-state index in [1.165, 1.54) is 10.2 Å². The van der Waals surface area contributed by atoms with Gasteiger partial charge >= 0.3 is 11.7 Å². The molecule has 2 heterocycles. The predicted octanol–water partition coefficient (Wildman–Crippen LogP) is 2.65. The summed E-state index contributed by atoms with van der Waals surface area (Å²) in [6.07, 6.45) is 2.82. The smallest absolute Gasteiger partial charge is 0.338 e. The van der Waals surface area contributed by atoms with Crippen LogP contribution in [0, 0.1) is 0 Å². The van der Waals surface area contributed by atoms with Crippen molar-refractivity contribution in [3.8, 4) is 10.7 Å². The van der Waals surface area contributed by atoms with Crippen molar-refractivity contribution in [1.29, 1.82) is 0 Å². The molecule has 3 aromatic rings. The molecule has 0 unspecified atom stereocenters. The fourth-order valence-corrected chi connectivity index (χ4v) is 3.81. The zero-order valence-electron chi connectivity index (χ0n) is 15.5. The second kappa shape index (κ2) is 8.43. The summed E-state index contributed by atoms with van der Waals surface area (Å²) >= 11 is 1.58. The van der Waals surface area contributed by atoms with E-state index in [0.29, 0.717) is 19.6 Å². The minimum atomic E-state index is -0.232. The first-order chi connectivity index (χ1) is 13.7. The van der Waals surface area contributed by atoms with Gasteiger partial charge in [0.1, 0.15) is 0 Å². The van der Waals surface area contributed by atoms with Gasteiger partial charge < -0.3 is 10.6 Å². The summed E-state index contributed by atoms with van der Waals surface area (Å²) in [4.78, 5) is 25.7. The number of carbonyl (C=O) groups is 1. The van der Waals surface area contributed by atoms with Crippen LogP contribution in [0.4, 0.5) is 4.79 Å². The van der Waals surface area contributed by atoms with Gasteiger partial charge in [0.25, 0.3) is 0 Å². The Morgan fingerprint density at radius 1 is 1.11 bits per heavy atom. The number of hydrogen-bond acceptors (Lipinski definition) is 4. The first-order valence-corrected chi connectivity index (χ1v) is 10.4. The van der Waals surface area contributed by atoms with Crippen LogP contribution in [-0.4, -0.2) is 33.5 Å². The Hall–Kier alpha value is -2.87. The third kappa shape index (κ3) is 4.33. The van der Waals surface area contributed by atoms with Crippen LogP contribution in [0.25, 0.3) is 10.7 Å². The van der Waals surface area contributed by atoms with Crippen molar-refractivity contribution in [2.45, 2.75) is 31.8 Å². The van der Waals surface area contributed by atoms with E-state index < -0.39 is 0 Å². The van der Waals surface area contributed by atoms with Crippen molar-refractivity contribution < 1.29 is 4.79 Å². The van der Waals surface area contributed by atoms with E-state index in [9.17, 15) is 9.59 Å². The van der Waals surface area contributed by atoms with Gasteiger partial charge in [0.05, 0.1) is 11.4 Å². The van der Waals surface area contributed by atoms with Gasteiger partial charge in [0, 0.05) is 19.1 Å². The lowest BCUT2D eigenvalue weighted by atomic mass is 10.1. The fourth-order valence-electron chi connectivity index (χ4n) is 3.10. The molecule has 2 N–H and O–H groups in total. The van der Waals surface area contributed by atoms with Crippen molar-refractivity contribution in [3.63, 3.8) is 0 Å². The van der Waals surface area contributed by atoms with Crippen LogP contribution in [0.15, 0.2) is 52.6 Å². The second-order valence-corrected chi connectivity index (χ2v) is 7.77. The van der Waals surface area contributed by atoms with Crippen LogP contribution in [0.2, 0.25) is 0 Å².